The van der Waals surface area contributed by atoms with Crippen LogP contribution in [0.15, 0.2) is 0 Å². The molecule has 0 saturated carbocycles. The lowest BCUT2D eigenvalue weighted by atomic mass is 10.0. The molecule has 1 fully saturated rings. The molecule has 0 bridgehead atoms. The lowest BCUT2D eigenvalue weighted by Crippen LogP contribution is -2.44. The Morgan fingerprint density at radius 2 is 2.33 bits per heavy atom. The van der Waals surface area contributed by atoms with E-state index >= 15 is 0 Å². The number of rotatable bonds is 5. The molecule has 0 aliphatic carbocycles. The highest BCUT2D eigenvalue weighted by atomic mass is 16.5. The molecule has 1 amide bonds. The van der Waals surface area contributed by atoms with E-state index in [4.69, 9.17) is 4.74 Å². The quantitative estimate of drug-likeness (QED) is 0.764. The van der Waals surface area contributed by atoms with E-state index in [2.05, 4.69) is 12.2 Å². The lowest BCUT2D eigenvalue weighted by Gasteiger charge is -2.24. The van der Waals surface area contributed by atoms with Crippen LogP contribution in [0.5, 0.6) is 0 Å². The molecule has 2 unspecified atom stereocenters. The van der Waals surface area contributed by atoms with Crippen LogP contribution in [-0.2, 0) is 9.53 Å². The minimum absolute atomic E-state index is 0. The first-order valence-electron chi connectivity index (χ1n) is 6.07. The van der Waals surface area contributed by atoms with Crippen LogP contribution in [0.25, 0.3) is 0 Å². The van der Waals surface area contributed by atoms with Gasteiger partial charge in [0.05, 0.1) is 12.1 Å². The average Bonchev–Trinajstić information content (AvgIpc) is 2.69. The van der Waals surface area contributed by atoms with Crippen LogP contribution in [-0.4, -0.2) is 24.7 Å². The number of hydrogen-bond acceptors (Lipinski definition) is 2. The summed E-state index contributed by atoms with van der Waals surface area (Å²) >= 11 is 0. The van der Waals surface area contributed by atoms with Crippen LogP contribution < -0.4 is 5.32 Å². The Bertz CT molecular complexity index is 203. The SMILES string of the molecule is CCCC(NC(=O)C(C)C)C1CCCO1.[HH]. The van der Waals surface area contributed by atoms with Crippen LogP contribution >= 0.6 is 0 Å². The highest BCUT2D eigenvalue weighted by molar-refractivity contribution is 5.78. The molecule has 0 aromatic heterocycles. The molecule has 90 valence electrons. The summed E-state index contributed by atoms with van der Waals surface area (Å²) in [4.78, 5) is 11.6. The van der Waals surface area contributed by atoms with Crippen molar-refractivity contribution >= 4 is 5.91 Å². The topological polar surface area (TPSA) is 38.3 Å². The molecule has 0 radical (unpaired) electrons. The van der Waals surface area contributed by atoms with Crippen LogP contribution in [0.2, 0.25) is 0 Å². The molecule has 15 heavy (non-hydrogen) atoms. The van der Waals surface area contributed by atoms with Crippen LogP contribution in [0, 0.1) is 5.92 Å². The number of hydrogen-bond donors (Lipinski definition) is 1. The van der Waals surface area contributed by atoms with E-state index < -0.39 is 0 Å². The van der Waals surface area contributed by atoms with Crippen molar-refractivity contribution in [2.75, 3.05) is 6.61 Å². The van der Waals surface area contributed by atoms with Gasteiger partial charge in [0.2, 0.25) is 5.91 Å². The van der Waals surface area contributed by atoms with Crippen molar-refractivity contribution in [3.05, 3.63) is 0 Å². The first-order valence-corrected chi connectivity index (χ1v) is 6.07. The second-order valence-electron chi connectivity index (χ2n) is 4.61. The molecule has 3 nitrogen and oxygen atoms in total. The van der Waals surface area contributed by atoms with Crippen LogP contribution in [0.3, 0.4) is 0 Å². The van der Waals surface area contributed by atoms with Crippen molar-refractivity contribution in [3.63, 3.8) is 0 Å². The fourth-order valence-corrected chi connectivity index (χ4v) is 1.93. The maximum Gasteiger partial charge on any atom is 0.222 e. The molecule has 1 aliphatic rings. The molecule has 2 atom stereocenters. The van der Waals surface area contributed by atoms with Gasteiger partial charge in [-0.3, -0.25) is 4.79 Å². The van der Waals surface area contributed by atoms with Crippen molar-refractivity contribution in [3.8, 4) is 0 Å². The summed E-state index contributed by atoms with van der Waals surface area (Å²) in [5.74, 6) is 0.203. The Kier molecular flexibility index (Phi) is 5.09. The van der Waals surface area contributed by atoms with E-state index in [1.165, 1.54) is 0 Å². The summed E-state index contributed by atoms with van der Waals surface area (Å²) in [7, 11) is 0. The summed E-state index contributed by atoms with van der Waals surface area (Å²) in [5.41, 5.74) is 0. The smallest absolute Gasteiger partial charge is 0.222 e. The second kappa shape index (κ2) is 6.11. The number of carbonyl (C=O) groups excluding carboxylic acids is 1. The lowest BCUT2D eigenvalue weighted by molar-refractivity contribution is -0.125. The Labute approximate surface area is 94.1 Å². The van der Waals surface area contributed by atoms with Crippen LogP contribution in [0.1, 0.15) is 47.9 Å². The molecule has 1 rings (SSSR count). The molecule has 0 spiro atoms. The van der Waals surface area contributed by atoms with Gasteiger partial charge < -0.3 is 10.1 Å². The second-order valence-corrected chi connectivity index (χ2v) is 4.61. The standard InChI is InChI=1S/C12H23NO2.H2/c1-4-6-10(11-7-5-8-15-11)13-12(14)9(2)3;/h9-11H,4-8H2,1-3H3,(H,13,14);1H. The van der Waals surface area contributed by atoms with Gasteiger partial charge in [-0.1, -0.05) is 27.2 Å². The zero-order valence-electron chi connectivity index (χ0n) is 10.1. The maximum absolute atomic E-state index is 11.6. The van der Waals surface area contributed by atoms with Gasteiger partial charge >= 0.3 is 0 Å². The fraction of sp³-hybridized carbons (Fsp3) is 0.917. The van der Waals surface area contributed by atoms with Crippen molar-refractivity contribution in [2.24, 2.45) is 5.92 Å². The Hall–Kier alpha value is -0.570. The van der Waals surface area contributed by atoms with E-state index in [9.17, 15) is 4.79 Å². The zero-order chi connectivity index (χ0) is 11.3. The summed E-state index contributed by atoms with van der Waals surface area (Å²) in [6.45, 7) is 6.84. The van der Waals surface area contributed by atoms with Crippen molar-refractivity contribution < 1.29 is 11.0 Å². The molecule has 3 heteroatoms. The Balaban J connectivity index is 0.00000225. The summed E-state index contributed by atoms with van der Waals surface area (Å²) in [5, 5.41) is 3.10. The maximum atomic E-state index is 11.6. The Morgan fingerprint density at radius 3 is 2.80 bits per heavy atom. The normalized spacial score (nSPS) is 23.1. The molecule has 0 aromatic rings. The van der Waals surface area contributed by atoms with Gasteiger partial charge in [-0.25, -0.2) is 0 Å². The van der Waals surface area contributed by atoms with Gasteiger partial charge in [0, 0.05) is 14.0 Å². The minimum atomic E-state index is 0. The van der Waals surface area contributed by atoms with Gasteiger partial charge in [0.15, 0.2) is 0 Å². The zero-order valence-corrected chi connectivity index (χ0v) is 10.1. The number of carbonyl (C=O) groups is 1. The third kappa shape index (κ3) is 3.82. The third-order valence-corrected chi connectivity index (χ3v) is 2.87. The summed E-state index contributed by atoms with van der Waals surface area (Å²) in [6, 6.07) is 0.215. The molecular formula is C12H25NO2. The predicted molar refractivity (Wildman–Crippen MR) is 62.8 cm³/mol. The van der Waals surface area contributed by atoms with E-state index in [0.29, 0.717) is 0 Å². The average molecular weight is 215 g/mol. The van der Waals surface area contributed by atoms with Crippen molar-refractivity contribution in [1.82, 2.24) is 5.32 Å². The van der Waals surface area contributed by atoms with Gasteiger partial charge in [-0.2, -0.15) is 0 Å². The summed E-state index contributed by atoms with van der Waals surface area (Å²) in [6.07, 6.45) is 4.56. The predicted octanol–water partition coefficient (Wildman–Crippen LogP) is 2.35. The molecule has 1 saturated heterocycles. The molecular weight excluding hydrogens is 190 g/mol. The monoisotopic (exact) mass is 215 g/mol. The van der Waals surface area contributed by atoms with Crippen molar-refractivity contribution in [1.29, 1.82) is 0 Å². The van der Waals surface area contributed by atoms with Gasteiger partial charge in [-0.05, 0) is 19.3 Å². The fourth-order valence-electron chi connectivity index (χ4n) is 1.93. The minimum Gasteiger partial charge on any atom is -0.376 e. The highest BCUT2D eigenvalue weighted by Gasteiger charge is 2.26. The Morgan fingerprint density at radius 1 is 1.60 bits per heavy atom. The third-order valence-electron chi connectivity index (χ3n) is 2.87. The van der Waals surface area contributed by atoms with E-state index in [1.807, 2.05) is 13.8 Å². The van der Waals surface area contributed by atoms with E-state index in [-0.39, 0.29) is 25.4 Å². The van der Waals surface area contributed by atoms with E-state index in [0.717, 1.165) is 32.3 Å². The highest BCUT2D eigenvalue weighted by Crippen LogP contribution is 2.18. The van der Waals surface area contributed by atoms with E-state index in [1.54, 1.807) is 0 Å². The van der Waals surface area contributed by atoms with Gasteiger partial charge in [-0.15, -0.1) is 0 Å². The molecule has 1 aliphatic heterocycles. The summed E-state index contributed by atoms with van der Waals surface area (Å²) < 4.78 is 5.63. The number of amides is 1. The van der Waals surface area contributed by atoms with Crippen molar-refractivity contribution in [2.45, 2.75) is 58.6 Å². The number of ether oxygens (including phenoxy) is 1. The first-order chi connectivity index (χ1) is 7.15. The largest absolute Gasteiger partial charge is 0.376 e. The number of nitrogens with one attached hydrogen (secondary N) is 1. The van der Waals surface area contributed by atoms with Gasteiger partial charge in [0.25, 0.3) is 0 Å². The molecule has 1 N–H and O–H groups in total. The van der Waals surface area contributed by atoms with Gasteiger partial charge in [0.1, 0.15) is 0 Å². The molecule has 1 heterocycles. The van der Waals surface area contributed by atoms with Crippen LogP contribution in [0.4, 0.5) is 0 Å². The first kappa shape index (κ1) is 12.5. The molecule has 0 aromatic carbocycles.